The van der Waals surface area contributed by atoms with Crippen LogP contribution in [0.4, 0.5) is 0 Å². The van der Waals surface area contributed by atoms with Gasteiger partial charge in [-0.15, -0.1) is 5.10 Å². The minimum atomic E-state index is 0.250. The highest BCUT2D eigenvalue weighted by Gasteiger charge is 2.24. The summed E-state index contributed by atoms with van der Waals surface area (Å²) in [6, 6.07) is 0.250. The third kappa shape index (κ3) is 3.24. The van der Waals surface area contributed by atoms with Crippen LogP contribution in [0, 0.1) is 5.92 Å². The Morgan fingerprint density at radius 1 is 1.47 bits per heavy atom. The van der Waals surface area contributed by atoms with Gasteiger partial charge in [-0.3, -0.25) is 11.3 Å². The highest BCUT2D eigenvalue weighted by Crippen LogP contribution is 2.34. The number of hydrazine groups is 1. The number of hydrogen-bond donors (Lipinski definition) is 2. The second-order valence-corrected chi connectivity index (χ2v) is 5.73. The molecule has 0 bridgehead atoms. The van der Waals surface area contributed by atoms with Crippen LogP contribution in [0.5, 0.6) is 0 Å². The minimum absolute atomic E-state index is 0.250. The van der Waals surface area contributed by atoms with Gasteiger partial charge in [0.2, 0.25) is 0 Å². The highest BCUT2D eigenvalue weighted by atomic mass is 32.1. The summed E-state index contributed by atoms with van der Waals surface area (Å²) < 4.78 is 4.08. The standard InChI is InChI=1S/C12H22N4S/c1-2-5-10-12(17-16-15-10)11(14-13)8-9-6-3-4-7-9/h9,11,14H,2-8,13H2,1H3. The number of nitrogens with one attached hydrogen (secondary N) is 1. The molecule has 0 aliphatic heterocycles. The van der Waals surface area contributed by atoms with Crippen LogP contribution < -0.4 is 11.3 Å². The maximum Gasteiger partial charge on any atom is 0.0804 e. The Labute approximate surface area is 107 Å². The van der Waals surface area contributed by atoms with Crippen molar-refractivity contribution in [3.05, 3.63) is 10.6 Å². The first-order valence-corrected chi connectivity index (χ1v) is 7.39. The van der Waals surface area contributed by atoms with Gasteiger partial charge in [0, 0.05) is 0 Å². The van der Waals surface area contributed by atoms with Crippen molar-refractivity contribution in [1.82, 2.24) is 15.0 Å². The molecule has 0 aromatic carbocycles. The molecule has 0 amide bonds. The van der Waals surface area contributed by atoms with E-state index in [-0.39, 0.29) is 6.04 Å². The average molecular weight is 254 g/mol. The van der Waals surface area contributed by atoms with Crippen LogP contribution in [0.1, 0.15) is 62.1 Å². The summed E-state index contributed by atoms with van der Waals surface area (Å²) in [6.45, 7) is 2.17. The Balaban J connectivity index is 2.02. The van der Waals surface area contributed by atoms with Crippen LogP contribution in [0.2, 0.25) is 0 Å². The number of aryl methyl sites for hydroxylation is 1. The molecule has 4 nitrogen and oxygen atoms in total. The first kappa shape index (κ1) is 12.9. The predicted octanol–water partition coefficient (Wildman–Crippen LogP) is 2.58. The van der Waals surface area contributed by atoms with Crippen LogP contribution >= 0.6 is 11.5 Å². The lowest BCUT2D eigenvalue weighted by atomic mass is 9.96. The van der Waals surface area contributed by atoms with E-state index < -0.39 is 0 Å². The molecule has 3 N–H and O–H groups in total. The van der Waals surface area contributed by atoms with Crippen molar-refractivity contribution in [2.75, 3.05) is 0 Å². The molecule has 1 fully saturated rings. The quantitative estimate of drug-likeness (QED) is 0.605. The summed E-state index contributed by atoms with van der Waals surface area (Å²) in [6.07, 6.45) is 8.72. The molecule has 1 unspecified atom stereocenters. The van der Waals surface area contributed by atoms with Crippen LogP contribution in [0.25, 0.3) is 0 Å². The Kier molecular flexibility index (Phi) is 4.88. The lowest BCUT2D eigenvalue weighted by molar-refractivity contribution is 0.402. The largest absolute Gasteiger partial charge is 0.271 e. The monoisotopic (exact) mass is 254 g/mol. The molecule has 17 heavy (non-hydrogen) atoms. The van der Waals surface area contributed by atoms with Gasteiger partial charge in [0.1, 0.15) is 0 Å². The molecule has 1 atom stereocenters. The van der Waals surface area contributed by atoms with Gasteiger partial charge in [0.05, 0.1) is 16.6 Å². The second kappa shape index (κ2) is 6.42. The van der Waals surface area contributed by atoms with E-state index in [0.717, 1.165) is 30.9 Å². The van der Waals surface area contributed by atoms with Crippen molar-refractivity contribution in [2.24, 2.45) is 11.8 Å². The molecule has 1 aromatic rings. The first-order chi connectivity index (χ1) is 8.35. The average Bonchev–Trinajstić information content (AvgIpc) is 2.97. The molecular formula is C12H22N4S. The Bertz CT molecular complexity index is 333. The topological polar surface area (TPSA) is 63.8 Å². The maximum atomic E-state index is 5.71. The van der Waals surface area contributed by atoms with E-state index in [1.807, 2.05) is 0 Å². The van der Waals surface area contributed by atoms with E-state index in [4.69, 9.17) is 5.84 Å². The Morgan fingerprint density at radius 2 is 2.24 bits per heavy atom. The van der Waals surface area contributed by atoms with Crippen molar-refractivity contribution in [1.29, 1.82) is 0 Å². The van der Waals surface area contributed by atoms with E-state index in [0.29, 0.717) is 0 Å². The highest BCUT2D eigenvalue weighted by molar-refractivity contribution is 7.05. The Morgan fingerprint density at radius 3 is 2.88 bits per heavy atom. The van der Waals surface area contributed by atoms with Crippen molar-refractivity contribution >= 4 is 11.5 Å². The fraction of sp³-hybridized carbons (Fsp3) is 0.833. The van der Waals surface area contributed by atoms with Crippen LogP contribution in [0.15, 0.2) is 0 Å². The molecule has 1 heterocycles. The molecule has 1 aromatic heterocycles. The van der Waals surface area contributed by atoms with E-state index in [2.05, 4.69) is 21.9 Å². The zero-order chi connectivity index (χ0) is 12.1. The fourth-order valence-corrected chi connectivity index (χ4v) is 3.49. The van der Waals surface area contributed by atoms with Gasteiger partial charge in [0.15, 0.2) is 0 Å². The van der Waals surface area contributed by atoms with Gasteiger partial charge in [-0.05, 0) is 30.3 Å². The van der Waals surface area contributed by atoms with Crippen molar-refractivity contribution < 1.29 is 0 Å². The van der Waals surface area contributed by atoms with Crippen LogP contribution in [0.3, 0.4) is 0 Å². The molecule has 96 valence electrons. The fourth-order valence-electron chi connectivity index (χ4n) is 2.72. The smallest absolute Gasteiger partial charge is 0.0804 e. The van der Waals surface area contributed by atoms with Gasteiger partial charge < -0.3 is 0 Å². The van der Waals surface area contributed by atoms with Crippen LogP contribution in [-0.4, -0.2) is 9.59 Å². The van der Waals surface area contributed by atoms with Crippen molar-refractivity contribution in [3.63, 3.8) is 0 Å². The first-order valence-electron chi connectivity index (χ1n) is 6.62. The van der Waals surface area contributed by atoms with Gasteiger partial charge in [-0.2, -0.15) is 0 Å². The number of hydrogen-bond acceptors (Lipinski definition) is 5. The summed E-state index contributed by atoms with van der Waals surface area (Å²) in [7, 11) is 0. The van der Waals surface area contributed by atoms with Crippen molar-refractivity contribution in [2.45, 2.75) is 57.9 Å². The molecule has 5 heteroatoms. The predicted molar refractivity (Wildman–Crippen MR) is 70.5 cm³/mol. The number of rotatable bonds is 6. The van der Waals surface area contributed by atoms with E-state index in [9.17, 15) is 0 Å². The number of aromatic nitrogens is 2. The second-order valence-electron chi connectivity index (χ2n) is 4.94. The number of nitrogens with two attached hydrogens (primary N) is 1. The zero-order valence-corrected chi connectivity index (χ0v) is 11.3. The molecule has 0 spiro atoms. The van der Waals surface area contributed by atoms with Crippen LogP contribution in [-0.2, 0) is 6.42 Å². The lowest BCUT2D eigenvalue weighted by Crippen LogP contribution is -2.29. The molecule has 0 radical (unpaired) electrons. The summed E-state index contributed by atoms with van der Waals surface area (Å²) >= 11 is 1.50. The summed E-state index contributed by atoms with van der Waals surface area (Å²) in [5, 5.41) is 4.22. The molecule has 2 rings (SSSR count). The lowest BCUT2D eigenvalue weighted by Gasteiger charge is -2.18. The van der Waals surface area contributed by atoms with Gasteiger partial charge >= 0.3 is 0 Å². The molecular weight excluding hydrogens is 232 g/mol. The molecule has 1 aliphatic rings. The van der Waals surface area contributed by atoms with Gasteiger partial charge in [-0.1, -0.05) is 43.5 Å². The zero-order valence-electron chi connectivity index (χ0n) is 10.5. The van der Waals surface area contributed by atoms with Gasteiger partial charge in [-0.25, -0.2) is 0 Å². The summed E-state index contributed by atoms with van der Waals surface area (Å²) in [5.74, 6) is 6.53. The Hall–Kier alpha value is -0.520. The van der Waals surface area contributed by atoms with E-state index >= 15 is 0 Å². The van der Waals surface area contributed by atoms with E-state index in [1.165, 1.54) is 42.1 Å². The summed E-state index contributed by atoms with van der Waals surface area (Å²) in [4.78, 5) is 1.25. The third-order valence-electron chi connectivity index (χ3n) is 3.63. The SMILES string of the molecule is CCCc1nnsc1C(CC1CCCC1)NN. The number of nitrogens with zero attached hydrogens (tertiary/aromatic N) is 2. The third-order valence-corrected chi connectivity index (χ3v) is 4.51. The maximum absolute atomic E-state index is 5.71. The van der Waals surface area contributed by atoms with Crippen molar-refractivity contribution in [3.8, 4) is 0 Å². The molecule has 1 aliphatic carbocycles. The van der Waals surface area contributed by atoms with E-state index in [1.54, 1.807) is 0 Å². The van der Waals surface area contributed by atoms with Gasteiger partial charge in [0.25, 0.3) is 0 Å². The summed E-state index contributed by atoms with van der Waals surface area (Å²) in [5.41, 5.74) is 4.10. The molecule has 1 saturated carbocycles. The normalized spacial score (nSPS) is 18.7. The minimum Gasteiger partial charge on any atom is -0.271 e. The molecule has 0 saturated heterocycles.